The molecular formula is C25H15Cl2N5O4. The third-order valence-electron chi connectivity index (χ3n) is 5.36. The van der Waals surface area contributed by atoms with Crippen LogP contribution in [0.2, 0.25) is 10.0 Å². The third-order valence-corrected chi connectivity index (χ3v) is 5.92. The van der Waals surface area contributed by atoms with E-state index in [1.165, 1.54) is 12.1 Å². The van der Waals surface area contributed by atoms with Crippen molar-refractivity contribution in [3.63, 3.8) is 0 Å². The molecular weight excluding hydrogens is 505 g/mol. The van der Waals surface area contributed by atoms with Crippen LogP contribution in [0.3, 0.4) is 0 Å². The quantitative estimate of drug-likeness (QED) is 0.340. The molecule has 0 saturated heterocycles. The highest BCUT2D eigenvalue weighted by Crippen LogP contribution is 2.39. The molecule has 0 aliphatic rings. The summed E-state index contributed by atoms with van der Waals surface area (Å²) in [5, 5.41) is 13.9. The lowest BCUT2D eigenvalue weighted by molar-refractivity contribution is 0.483. The standard InChI is InChI=1S/C25H15Cl2N5O4/c1-12-7-20(22-6-3-13(2)35-22)29-19-5-4-15(10-16(12)19)36-23-17(26)8-14(9-18(23)27)32-25(34)30-24(33)21(11-28)31-32/h3-10H,1-2H3,(H,30,33,34). The van der Waals surface area contributed by atoms with Gasteiger partial charge in [0.05, 0.1) is 21.2 Å². The van der Waals surface area contributed by atoms with Gasteiger partial charge in [0.1, 0.15) is 23.3 Å². The minimum absolute atomic E-state index is 0.0920. The molecule has 0 amide bonds. The smallest absolute Gasteiger partial charge is 0.349 e. The van der Waals surface area contributed by atoms with Gasteiger partial charge >= 0.3 is 5.69 Å². The van der Waals surface area contributed by atoms with Crippen molar-refractivity contribution in [3.05, 3.63) is 96.4 Å². The number of hydrogen-bond donors (Lipinski definition) is 1. The predicted molar refractivity (Wildman–Crippen MR) is 134 cm³/mol. The van der Waals surface area contributed by atoms with Gasteiger partial charge in [-0.15, -0.1) is 5.10 Å². The molecule has 11 heteroatoms. The number of benzene rings is 2. The number of pyridine rings is 1. The van der Waals surface area contributed by atoms with Crippen LogP contribution in [0, 0.1) is 25.2 Å². The van der Waals surface area contributed by atoms with Gasteiger partial charge < -0.3 is 9.15 Å². The summed E-state index contributed by atoms with van der Waals surface area (Å²) < 4.78 is 12.5. The Balaban J connectivity index is 1.50. The van der Waals surface area contributed by atoms with Crippen LogP contribution in [0.15, 0.2) is 62.5 Å². The summed E-state index contributed by atoms with van der Waals surface area (Å²) in [6, 6.07) is 15.5. The van der Waals surface area contributed by atoms with Crippen LogP contribution in [0.5, 0.6) is 11.5 Å². The zero-order valence-electron chi connectivity index (χ0n) is 18.8. The number of nitrogens with one attached hydrogen (secondary N) is 1. The Bertz CT molecular complexity index is 1810. The number of rotatable bonds is 4. The molecule has 0 saturated carbocycles. The topological polar surface area (TPSA) is 127 Å². The van der Waals surface area contributed by atoms with E-state index in [9.17, 15) is 9.59 Å². The lowest BCUT2D eigenvalue weighted by atomic mass is 10.1. The van der Waals surface area contributed by atoms with Crippen LogP contribution < -0.4 is 16.0 Å². The Labute approximate surface area is 213 Å². The fourth-order valence-corrected chi connectivity index (χ4v) is 4.22. The lowest BCUT2D eigenvalue weighted by Gasteiger charge is -2.13. The number of hydrogen-bond acceptors (Lipinski definition) is 7. The zero-order valence-corrected chi connectivity index (χ0v) is 20.3. The highest BCUT2D eigenvalue weighted by molar-refractivity contribution is 6.37. The minimum Gasteiger partial charge on any atom is -0.460 e. The summed E-state index contributed by atoms with van der Waals surface area (Å²) in [4.78, 5) is 30.5. The number of H-pyrrole nitrogens is 1. The number of nitrogens with zero attached hydrogens (tertiary/aromatic N) is 4. The average Bonchev–Trinajstić information content (AvgIpc) is 3.28. The van der Waals surface area contributed by atoms with Crippen molar-refractivity contribution in [1.29, 1.82) is 5.26 Å². The molecule has 0 atom stereocenters. The molecule has 3 aromatic heterocycles. The molecule has 178 valence electrons. The van der Waals surface area contributed by atoms with Crippen LogP contribution in [-0.2, 0) is 0 Å². The van der Waals surface area contributed by atoms with Crippen molar-refractivity contribution in [2.75, 3.05) is 0 Å². The van der Waals surface area contributed by atoms with Gasteiger partial charge in [0.15, 0.2) is 11.5 Å². The summed E-state index contributed by atoms with van der Waals surface area (Å²) >= 11 is 12.8. The molecule has 36 heavy (non-hydrogen) atoms. The molecule has 2 aromatic carbocycles. The predicted octanol–water partition coefficient (Wildman–Crippen LogP) is 5.32. The molecule has 3 heterocycles. The van der Waals surface area contributed by atoms with Crippen LogP contribution in [-0.4, -0.2) is 19.7 Å². The first-order valence-electron chi connectivity index (χ1n) is 10.5. The van der Waals surface area contributed by atoms with Crippen molar-refractivity contribution in [1.82, 2.24) is 19.7 Å². The summed E-state index contributed by atoms with van der Waals surface area (Å²) in [5.41, 5.74) is 0.399. The van der Waals surface area contributed by atoms with Crippen molar-refractivity contribution in [3.8, 4) is 34.7 Å². The fraction of sp³-hybridized carbons (Fsp3) is 0.0800. The van der Waals surface area contributed by atoms with Gasteiger partial charge in [-0.2, -0.15) is 9.94 Å². The van der Waals surface area contributed by atoms with E-state index >= 15 is 0 Å². The zero-order chi connectivity index (χ0) is 25.6. The van der Waals surface area contributed by atoms with Crippen molar-refractivity contribution < 1.29 is 9.15 Å². The maximum atomic E-state index is 12.2. The molecule has 0 spiro atoms. The molecule has 0 bridgehead atoms. The molecule has 1 N–H and O–H groups in total. The second-order valence-corrected chi connectivity index (χ2v) is 8.70. The van der Waals surface area contributed by atoms with Crippen molar-refractivity contribution in [2.45, 2.75) is 13.8 Å². The lowest BCUT2D eigenvalue weighted by Crippen LogP contribution is -2.33. The number of aromatic nitrogens is 4. The Morgan fingerprint density at radius 1 is 1.06 bits per heavy atom. The van der Waals surface area contributed by atoms with Gasteiger partial charge in [0, 0.05) is 5.39 Å². The molecule has 5 rings (SSSR count). The number of halogens is 2. The van der Waals surface area contributed by atoms with E-state index < -0.39 is 16.9 Å². The molecule has 0 radical (unpaired) electrons. The second kappa shape index (κ2) is 9.00. The first-order chi connectivity index (χ1) is 17.2. The third kappa shape index (κ3) is 4.24. The van der Waals surface area contributed by atoms with Gasteiger partial charge in [-0.3, -0.25) is 9.78 Å². The van der Waals surface area contributed by atoms with Gasteiger partial charge in [0.25, 0.3) is 5.56 Å². The largest absolute Gasteiger partial charge is 0.460 e. The van der Waals surface area contributed by atoms with Crippen LogP contribution in [0.4, 0.5) is 0 Å². The van der Waals surface area contributed by atoms with Gasteiger partial charge in [-0.05, 0) is 67.9 Å². The van der Waals surface area contributed by atoms with E-state index in [2.05, 4.69) is 10.1 Å². The van der Waals surface area contributed by atoms with E-state index in [0.717, 1.165) is 32.6 Å². The summed E-state index contributed by atoms with van der Waals surface area (Å²) in [6.07, 6.45) is 0. The molecule has 0 fully saturated rings. The highest BCUT2D eigenvalue weighted by atomic mass is 35.5. The number of aryl methyl sites for hydroxylation is 2. The van der Waals surface area contributed by atoms with Crippen molar-refractivity contribution in [2.24, 2.45) is 0 Å². The van der Waals surface area contributed by atoms with E-state index in [4.69, 9.17) is 37.6 Å². The summed E-state index contributed by atoms with van der Waals surface area (Å²) in [5.74, 6) is 2.12. The maximum absolute atomic E-state index is 12.2. The summed E-state index contributed by atoms with van der Waals surface area (Å²) in [7, 11) is 0. The Hall–Kier alpha value is -4.39. The van der Waals surface area contributed by atoms with Crippen molar-refractivity contribution >= 4 is 34.1 Å². The molecule has 0 aliphatic carbocycles. The molecule has 9 nitrogen and oxygen atoms in total. The first-order valence-corrected chi connectivity index (χ1v) is 11.3. The van der Waals surface area contributed by atoms with E-state index in [0.29, 0.717) is 11.5 Å². The first kappa shape index (κ1) is 23.4. The number of ether oxygens (including phenoxy) is 1. The fourth-order valence-electron chi connectivity index (χ4n) is 3.67. The summed E-state index contributed by atoms with van der Waals surface area (Å²) in [6.45, 7) is 3.84. The Morgan fingerprint density at radius 2 is 1.81 bits per heavy atom. The number of aromatic amines is 1. The van der Waals surface area contributed by atoms with Gasteiger partial charge in [-0.1, -0.05) is 23.2 Å². The molecule has 0 aliphatic heterocycles. The average molecular weight is 520 g/mol. The van der Waals surface area contributed by atoms with E-state index in [-0.39, 0.29) is 21.5 Å². The Morgan fingerprint density at radius 3 is 2.47 bits per heavy atom. The van der Waals surface area contributed by atoms with E-state index in [1.807, 2.05) is 49.2 Å². The number of fused-ring (bicyclic) bond motifs is 1. The van der Waals surface area contributed by atoms with Crippen LogP contribution in [0.1, 0.15) is 17.0 Å². The number of furan rings is 1. The molecule has 0 unspecified atom stereocenters. The highest BCUT2D eigenvalue weighted by Gasteiger charge is 2.16. The van der Waals surface area contributed by atoms with Crippen LogP contribution >= 0.6 is 23.2 Å². The minimum atomic E-state index is -0.886. The second-order valence-electron chi connectivity index (χ2n) is 7.89. The SMILES string of the molecule is Cc1ccc(-c2cc(C)c3cc(Oc4c(Cl)cc(-n5nc(C#N)c(=O)[nH]c5=O)cc4Cl)ccc3n2)o1. The Kier molecular flexibility index (Phi) is 5.84. The van der Waals surface area contributed by atoms with Crippen LogP contribution in [0.25, 0.3) is 28.0 Å². The van der Waals surface area contributed by atoms with Gasteiger partial charge in [0.2, 0.25) is 5.69 Å². The maximum Gasteiger partial charge on any atom is 0.349 e. The monoisotopic (exact) mass is 519 g/mol. The van der Waals surface area contributed by atoms with E-state index in [1.54, 1.807) is 12.1 Å². The normalized spacial score (nSPS) is 11.0. The van der Waals surface area contributed by atoms with Gasteiger partial charge in [-0.25, -0.2) is 9.78 Å². The number of nitriles is 1. The molecule has 5 aromatic rings.